The number of benzene rings is 2. The molecule has 0 spiro atoms. The molecule has 2 N–H and O–H groups in total. The summed E-state index contributed by atoms with van der Waals surface area (Å²) in [7, 11) is 2.09. The summed E-state index contributed by atoms with van der Waals surface area (Å²) in [4.78, 5) is 21.3. The molecule has 2 aromatic heterocycles. The molecule has 5 nitrogen and oxygen atoms in total. The van der Waals surface area contributed by atoms with E-state index in [2.05, 4.69) is 11.9 Å². The first-order chi connectivity index (χ1) is 15.4. The number of nitrogens with two attached hydrogens (primary N) is 1. The Bertz CT molecular complexity index is 1350. The van der Waals surface area contributed by atoms with Crippen LogP contribution in [-0.2, 0) is 13.0 Å². The van der Waals surface area contributed by atoms with Gasteiger partial charge in [0.25, 0.3) is 0 Å². The summed E-state index contributed by atoms with van der Waals surface area (Å²) in [5, 5.41) is 1.41. The van der Waals surface area contributed by atoms with E-state index in [-0.39, 0.29) is 0 Å². The molecule has 0 saturated heterocycles. The van der Waals surface area contributed by atoms with Gasteiger partial charge in [0.05, 0.1) is 5.69 Å². The average molecular weight is 464 g/mol. The summed E-state index contributed by atoms with van der Waals surface area (Å²) in [5.74, 6) is 0.00668. The Kier molecular flexibility index (Phi) is 5.37. The zero-order valence-corrected chi connectivity index (χ0v) is 19.4. The van der Waals surface area contributed by atoms with E-state index >= 15 is 0 Å². The van der Waals surface area contributed by atoms with Crippen molar-refractivity contribution < 1.29 is 9.53 Å². The lowest BCUT2D eigenvalue weighted by molar-refractivity contribution is 0.0741. The maximum absolute atomic E-state index is 13.0. The van der Waals surface area contributed by atoms with Crippen LogP contribution in [0.15, 0.2) is 48.5 Å². The number of fused-ring (bicyclic) bond motifs is 2. The van der Waals surface area contributed by atoms with Crippen LogP contribution in [0.5, 0.6) is 5.75 Å². The number of halogens is 1. The molecule has 1 aliphatic heterocycles. The number of nitrogens with zero attached hydrogens (tertiary/aromatic N) is 2. The van der Waals surface area contributed by atoms with Crippen LogP contribution >= 0.6 is 22.9 Å². The summed E-state index contributed by atoms with van der Waals surface area (Å²) in [6, 6.07) is 15.1. The Hall–Kier alpha value is -2.93. The minimum absolute atomic E-state index is 0.358. The normalized spacial score (nSPS) is 13.8. The molecule has 0 unspecified atom stereocenters. The number of hydrogen-bond acceptors (Lipinski definition) is 6. The Morgan fingerprint density at radius 1 is 1.19 bits per heavy atom. The highest BCUT2D eigenvalue weighted by atomic mass is 35.5. The standard InChI is InChI=1S/C25H22ClN3O2S/c1-14-7-9-15(10-8-14)31-25(30)23-22(27)21-20(16-5-3-4-6-18(16)26)17-13-29(2)12-11-19(17)28-24(21)32-23/h3-10H,11-13,27H2,1-2H3. The third kappa shape index (κ3) is 3.64. The van der Waals surface area contributed by atoms with Gasteiger partial charge in [0.15, 0.2) is 0 Å². The molecule has 2 aromatic carbocycles. The zero-order chi connectivity index (χ0) is 22.4. The second-order valence-corrected chi connectivity index (χ2v) is 9.51. The molecule has 0 aliphatic carbocycles. The van der Waals surface area contributed by atoms with E-state index in [4.69, 9.17) is 27.1 Å². The van der Waals surface area contributed by atoms with Crippen molar-refractivity contribution >= 4 is 44.8 Å². The number of carbonyl (C=O) groups is 1. The van der Waals surface area contributed by atoms with Crippen LogP contribution in [0.2, 0.25) is 5.02 Å². The monoisotopic (exact) mass is 463 g/mol. The third-order valence-electron chi connectivity index (χ3n) is 5.78. The number of thiophene rings is 1. The van der Waals surface area contributed by atoms with E-state index in [1.165, 1.54) is 11.3 Å². The van der Waals surface area contributed by atoms with Crippen LogP contribution in [0.25, 0.3) is 21.3 Å². The van der Waals surface area contributed by atoms with Crippen LogP contribution in [0.1, 0.15) is 26.5 Å². The molecule has 5 rings (SSSR count). The van der Waals surface area contributed by atoms with Crippen molar-refractivity contribution in [1.29, 1.82) is 0 Å². The highest BCUT2D eigenvalue weighted by Crippen LogP contribution is 2.45. The Morgan fingerprint density at radius 3 is 2.69 bits per heavy atom. The van der Waals surface area contributed by atoms with Crippen LogP contribution < -0.4 is 10.5 Å². The number of carbonyl (C=O) groups excluding carboxylic acids is 1. The second-order valence-electron chi connectivity index (χ2n) is 8.11. The average Bonchev–Trinajstić information content (AvgIpc) is 3.11. The summed E-state index contributed by atoms with van der Waals surface area (Å²) in [6.45, 7) is 3.66. The van der Waals surface area contributed by atoms with E-state index in [1.807, 2.05) is 43.3 Å². The van der Waals surface area contributed by atoms with Gasteiger partial charge in [-0.05, 0) is 37.7 Å². The van der Waals surface area contributed by atoms with Crippen molar-refractivity contribution in [3.05, 3.63) is 75.3 Å². The Morgan fingerprint density at radius 2 is 1.94 bits per heavy atom. The number of anilines is 1. The van der Waals surface area contributed by atoms with Gasteiger partial charge in [0, 0.05) is 46.7 Å². The van der Waals surface area contributed by atoms with Crippen molar-refractivity contribution in [2.45, 2.75) is 19.9 Å². The van der Waals surface area contributed by atoms with E-state index in [9.17, 15) is 4.79 Å². The van der Waals surface area contributed by atoms with Crippen molar-refractivity contribution in [3.63, 3.8) is 0 Å². The highest BCUT2D eigenvalue weighted by molar-refractivity contribution is 7.21. The zero-order valence-electron chi connectivity index (χ0n) is 17.8. The van der Waals surface area contributed by atoms with Gasteiger partial charge in [-0.3, -0.25) is 0 Å². The number of aryl methyl sites for hydroxylation is 1. The second kappa shape index (κ2) is 8.20. The molecule has 32 heavy (non-hydrogen) atoms. The van der Waals surface area contributed by atoms with Gasteiger partial charge in [0.2, 0.25) is 0 Å². The van der Waals surface area contributed by atoms with Crippen molar-refractivity contribution in [2.75, 3.05) is 19.3 Å². The van der Waals surface area contributed by atoms with Crippen LogP contribution in [0, 0.1) is 6.92 Å². The van der Waals surface area contributed by atoms with Crippen LogP contribution in [0.3, 0.4) is 0 Å². The highest BCUT2D eigenvalue weighted by Gasteiger charge is 2.28. The fraction of sp³-hybridized carbons (Fsp3) is 0.200. The van der Waals surface area contributed by atoms with Crippen molar-refractivity contribution in [2.24, 2.45) is 0 Å². The molecule has 0 atom stereocenters. The van der Waals surface area contributed by atoms with Gasteiger partial charge in [-0.25, -0.2) is 9.78 Å². The lowest BCUT2D eigenvalue weighted by atomic mass is 9.92. The number of rotatable bonds is 3. The summed E-state index contributed by atoms with van der Waals surface area (Å²) in [5.41, 5.74) is 12.1. The number of likely N-dealkylation sites (N-methyl/N-ethyl adjacent to an activating group) is 1. The van der Waals surface area contributed by atoms with E-state index in [0.29, 0.717) is 21.3 Å². The number of hydrogen-bond donors (Lipinski definition) is 1. The van der Waals surface area contributed by atoms with Crippen molar-refractivity contribution in [1.82, 2.24) is 9.88 Å². The van der Waals surface area contributed by atoms with Gasteiger partial charge in [-0.1, -0.05) is 47.5 Å². The van der Waals surface area contributed by atoms with Crippen LogP contribution in [-0.4, -0.2) is 29.4 Å². The number of pyridine rings is 1. The summed E-state index contributed by atoms with van der Waals surface area (Å²) in [6.07, 6.45) is 0.834. The lowest BCUT2D eigenvalue weighted by Gasteiger charge is -2.27. The minimum Gasteiger partial charge on any atom is -0.422 e. The molecule has 0 amide bonds. The smallest absolute Gasteiger partial charge is 0.355 e. The molecule has 0 radical (unpaired) electrons. The molecule has 7 heteroatoms. The molecule has 0 bridgehead atoms. The maximum atomic E-state index is 13.0. The molecule has 3 heterocycles. The minimum atomic E-state index is -0.477. The van der Waals surface area contributed by atoms with Gasteiger partial charge in [0.1, 0.15) is 15.5 Å². The summed E-state index contributed by atoms with van der Waals surface area (Å²) >= 11 is 7.89. The fourth-order valence-electron chi connectivity index (χ4n) is 4.13. The lowest BCUT2D eigenvalue weighted by Crippen LogP contribution is -2.28. The molecular formula is C25H22ClN3O2S. The van der Waals surface area contributed by atoms with E-state index < -0.39 is 5.97 Å². The molecular weight excluding hydrogens is 442 g/mol. The van der Waals surface area contributed by atoms with Crippen molar-refractivity contribution in [3.8, 4) is 16.9 Å². The predicted molar refractivity (Wildman–Crippen MR) is 131 cm³/mol. The Labute approximate surface area is 195 Å². The Balaban J connectivity index is 1.69. The quantitative estimate of drug-likeness (QED) is 0.311. The van der Waals surface area contributed by atoms with E-state index in [1.54, 1.807) is 12.1 Å². The maximum Gasteiger partial charge on any atom is 0.355 e. The first-order valence-corrected chi connectivity index (χ1v) is 11.6. The number of aromatic nitrogens is 1. The topological polar surface area (TPSA) is 68.4 Å². The fourth-order valence-corrected chi connectivity index (χ4v) is 5.36. The third-order valence-corrected chi connectivity index (χ3v) is 7.19. The molecule has 1 aliphatic rings. The number of esters is 1. The van der Waals surface area contributed by atoms with Gasteiger partial charge in [-0.2, -0.15) is 0 Å². The van der Waals surface area contributed by atoms with Gasteiger partial charge in [-0.15, -0.1) is 11.3 Å². The number of nitrogen functional groups attached to an aromatic ring is 1. The predicted octanol–water partition coefficient (Wildman–Crippen LogP) is 5.71. The van der Waals surface area contributed by atoms with E-state index in [0.717, 1.165) is 57.7 Å². The number of ether oxygens (including phenoxy) is 1. The summed E-state index contributed by atoms with van der Waals surface area (Å²) < 4.78 is 5.61. The first-order valence-electron chi connectivity index (χ1n) is 10.4. The first kappa shape index (κ1) is 20.9. The molecule has 0 saturated carbocycles. The SMILES string of the molecule is Cc1ccc(OC(=O)c2sc3nc4c(c(-c5ccccc5Cl)c3c2N)CN(C)CC4)cc1. The van der Waals surface area contributed by atoms with Crippen LogP contribution in [0.4, 0.5) is 5.69 Å². The molecule has 0 fully saturated rings. The van der Waals surface area contributed by atoms with Gasteiger partial charge >= 0.3 is 5.97 Å². The molecule has 4 aromatic rings. The largest absolute Gasteiger partial charge is 0.422 e. The molecule has 162 valence electrons. The van der Waals surface area contributed by atoms with Gasteiger partial charge < -0.3 is 15.4 Å².